The molecule has 1 aromatic carbocycles. The smallest absolute Gasteiger partial charge is 0.302 e. The maximum absolute atomic E-state index is 11.3. The zero-order chi connectivity index (χ0) is 23.3. The number of rotatable bonds is 22. The van der Waals surface area contributed by atoms with Crippen LogP contribution in [0.15, 0.2) is 24.3 Å². The van der Waals surface area contributed by atoms with E-state index in [4.69, 9.17) is 4.52 Å². The predicted octanol–water partition coefficient (Wildman–Crippen LogP) is 9.04. The SMILES string of the molecule is [CH2+]COP(=O)(O)OCCCCCCCCCCCCCCCCCCc1ccc(I)cc1. The molecule has 0 aromatic heterocycles. The Morgan fingerprint density at radius 1 is 0.688 bits per heavy atom. The second kappa shape index (κ2) is 20.3. The lowest BCUT2D eigenvalue weighted by Crippen LogP contribution is -1.97. The first kappa shape index (κ1) is 30.0. The van der Waals surface area contributed by atoms with Crippen molar-refractivity contribution >= 4 is 30.4 Å². The summed E-state index contributed by atoms with van der Waals surface area (Å²) in [5, 5.41) is 0. The first-order valence-corrected chi connectivity index (χ1v) is 15.3. The van der Waals surface area contributed by atoms with Crippen LogP contribution in [-0.4, -0.2) is 18.1 Å². The third-order valence-electron chi connectivity index (χ3n) is 5.78. The first-order chi connectivity index (χ1) is 15.5. The summed E-state index contributed by atoms with van der Waals surface area (Å²) in [6, 6.07) is 8.94. The van der Waals surface area contributed by atoms with E-state index >= 15 is 0 Å². The number of hydrogen-bond donors (Lipinski definition) is 1. The van der Waals surface area contributed by atoms with Crippen LogP contribution in [0.5, 0.6) is 0 Å². The number of unbranched alkanes of at least 4 members (excludes halogenated alkanes) is 15. The zero-order valence-electron chi connectivity index (χ0n) is 19.9. The molecule has 184 valence electrons. The fourth-order valence-electron chi connectivity index (χ4n) is 3.89. The van der Waals surface area contributed by atoms with Gasteiger partial charge in [0.25, 0.3) is 0 Å². The maximum Gasteiger partial charge on any atom is 0.475 e. The second-order valence-electron chi connectivity index (χ2n) is 8.67. The van der Waals surface area contributed by atoms with Crippen molar-refractivity contribution in [3.63, 3.8) is 0 Å². The van der Waals surface area contributed by atoms with Crippen LogP contribution in [0, 0.1) is 10.5 Å². The van der Waals surface area contributed by atoms with Crippen LogP contribution in [0.2, 0.25) is 0 Å². The monoisotopic (exact) mass is 579 g/mol. The molecule has 0 bridgehead atoms. The summed E-state index contributed by atoms with van der Waals surface area (Å²) in [4.78, 5) is 9.26. The van der Waals surface area contributed by atoms with Gasteiger partial charge in [-0.2, -0.15) is 0 Å². The van der Waals surface area contributed by atoms with Crippen LogP contribution in [0.25, 0.3) is 0 Å². The molecule has 0 aliphatic rings. The zero-order valence-corrected chi connectivity index (χ0v) is 23.0. The Bertz CT molecular complexity index is 594. The van der Waals surface area contributed by atoms with E-state index in [0.717, 1.165) is 12.8 Å². The molecule has 6 heteroatoms. The van der Waals surface area contributed by atoms with Gasteiger partial charge in [0.05, 0.1) is 13.5 Å². The average molecular weight is 580 g/mol. The largest absolute Gasteiger partial charge is 0.475 e. The molecular weight excluding hydrogens is 534 g/mol. The lowest BCUT2D eigenvalue weighted by molar-refractivity contribution is 0.158. The van der Waals surface area contributed by atoms with E-state index in [1.54, 1.807) is 0 Å². The molecule has 4 nitrogen and oxygen atoms in total. The lowest BCUT2D eigenvalue weighted by Gasteiger charge is -2.08. The minimum absolute atomic E-state index is 0.0526. The van der Waals surface area contributed by atoms with Crippen LogP contribution in [-0.2, 0) is 20.0 Å². The highest BCUT2D eigenvalue weighted by molar-refractivity contribution is 14.1. The first-order valence-electron chi connectivity index (χ1n) is 12.7. The topological polar surface area (TPSA) is 55.8 Å². The molecule has 0 heterocycles. The number of phosphoric acid groups is 1. The van der Waals surface area contributed by atoms with Crippen molar-refractivity contribution in [3.8, 4) is 0 Å². The molecule has 0 aliphatic heterocycles. The van der Waals surface area contributed by atoms with Gasteiger partial charge in [-0.05, 0) is 59.5 Å². The molecule has 1 aromatic rings. The number of aryl methyl sites for hydroxylation is 1. The molecule has 0 amide bonds. The van der Waals surface area contributed by atoms with E-state index in [9.17, 15) is 9.46 Å². The molecule has 0 spiro atoms. The van der Waals surface area contributed by atoms with Crippen molar-refractivity contribution in [2.75, 3.05) is 13.2 Å². The molecule has 0 fully saturated rings. The van der Waals surface area contributed by atoms with Crippen molar-refractivity contribution in [1.82, 2.24) is 0 Å². The maximum atomic E-state index is 11.3. The Balaban J connectivity index is 1.73. The molecule has 1 atom stereocenters. The Kier molecular flexibility index (Phi) is 19.0. The third-order valence-corrected chi connectivity index (χ3v) is 7.52. The standard InChI is InChI=1S/C26H44IO4P/c1-2-30-32(28,29)31-24-18-16-14-12-10-8-6-4-3-5-7-9-11-13-15-17-19-25-20-22-26(27)23-21-25/h20-23H,1-19,24H2/p+1. The van der Waals surface area contributed by atoms with Crippen LogP contribution in [0.1, 0.15) is 108 Å². The summed E-state index contributed by atoms with van der Waals surface area (Å²) in [6.45, 7) is 3.60. The minimum Gasteiger partial charge on any atom is -0.302 e. The van der Waals surface area contributed by atoms with E-state index in [1.165, 1.54) is 105 Å². The van der Waals surface area contributed by atoms with Crippen LogP contribution in [0.4, 0.5) is 0 Å². The van der Waals surface area contributed by atoms with Crippen molar-refractivity contribution in [3.05, 3.63) is 40.3 Å². The van der Waals surface area contributed by atoms with Gasteiger partial charge in [0.2, 0.25) is 0 Å². The van der Waals surface area contributed by atoms with Crippen LogP contribution in [0.3, 0.4) is 0 Å². The van der Waals surface area contributed by atoms with Gasteiger partial charge >= 0.3 is 7.82 Å². The van der Waals surface area contributed by atoms with Gasteiger partial charge in [0.1, 0.15) is 0 Å². The highest BCUT2D eigenvalue weighted by Gasteiger charge is 2.20. The third kappa shape index (κ3) is 18.4. The average Bonchev–Trinajstić information content (AvgIpc) is 2.76. The summed E-state index contributed by atoms with van der Waals surface area (Å²) in [5.74, 6) is 0. The molecule has 0 saturated heterocycles. The molecule has 1 unspecified atom stereocenters. The van der Waals surface area contributed by atoms with Gasteiger partial charge < -0.3 is 4.89 Å². The van der Waals surface area contributed by atoms with Crippen molar-refractivity contribution in [2.24, 2.45) is 0 Å². The van der Waals surface area contributed by atoms with Crippen molar-refractivity contribution in [1.29, 1.82) is 0 Å². The van der Waals surface area contributed by atoms with Gasteiger partial charge in [-0.3, -0.25) is 4.52 Å². The van der Waals surface area contributed by atoms with Gasteiger partial charge in [-0.25, -0.2) is 9.09 Å². The van der Waals surface area contributed by atoms with E-state index in [1.807, 2.05) is 0 Å². The highest BCUT2D eigenvalue weighted by atomic mass is 127. The number of hydrogen-bond acceptors (Lipinski definition) is 3. The van der Waals surface area contributed by atoms with E-state index in [0.29, 0.717) is 0 Å². The van der Waals surface area contributed by atoms with Gasteiger partial charge in [0, 0.05) is 3.57 Å². The Morgan fingerprint density at radius 2 is 1.09 bits per heavy atom. The van der Waals surface area contributed by atoms with Gasteiger partial charge in [0.15, 0.2) is 6.61 Å². The minimum atomic E-state index is -3.86. The molecule has 32 heavy (non-hydrogen) atoms. The van der Waals surface area contributed by atoms with E-state index in [2.05, 4.69) is 58.3 Å². The molecule has 1 N–H and O–H groups in total. The quantitative estimate of drug-likeness (QED) is 0.0645. The summed E-state index contributed by atoms with van der Waals surface area (Å²) >= 11 is 2.36. The Labute approximate surface area is 211 Å². The summed E-state index contributed by atoms with van der Waals surface area (Å²) in [5.41, 5.74) is 1.48. The normalized spacial score (nSPS) is 13.3. The number of benzene rings is 1. The molecule has 0 aliphatic carbocycles. The number of halogens is 1. The summed E-state index contributed by atoms with van der Waals surface area (Å²) < 4.78 is 22.0. The molecule has 0 radical (unpaired) electrons. The molecule has 1 rings (SSSR count). The number of phosphoric ester groups is 1. The van der Waals surface area contributed by atoms with Crippen molar-refractivity contribution in [2.45, 2.75) is 109 Å². The highest BCUT2D eigenvalue weighted by Crippen LogP contribution is 2.42. The van der Waals surface area contributed by atoms with E-state index in [-0.39, 0.29) is 13.2 Å². The Morgan fingerprint density at radius 3 is 1.53 bits per heavy atom. The van der Waals surface area contributed by atoms with E-state index < -0.39 is 7.82 Å². The van der Waals surface area contributed by atoms with Gasteiger partial charge in [-0.15, -0.1) is 0 Å². The predicted molar refractivity (Wildman–Crippen MR) is 144 cm³/mol. The second-order valence-corrected chi connectivity index (χ2v) is 11.4. The Hall–Kier alpha value is -0.0700. The van der Waals surface area contributed by atoms with Gasteiger partial charge in [-0.1, -0.05) is 102 Å². The molecular formula is C26H45IO4P+. The fourth-order valence-corrected chi connectivity index (χ4v) is 4.91. The van der Waals surface area contributed by atoms with Crippen molar-refractivity contribution < 1.29 is 18.5 Å². The van der Waals surface area contributed by atoms with Crippen LogP contribution >= 0.6 is 30.4 Å². The summed E-state index contributed by atoms with van der Waals surface area (Å²) in [6.07, 6.45) is 21.9. The summed E-state index contributed by atoms with van der Waals surface area (Å²) in [7, 11) is -3.86. The lowest BCUT2D eigenvalue weighted by atomic mass is 10.0. The molecule has 0 saturated carbocycles. The van der Waals surface area contributed by atoms with Crippen LogP contribution < -0.4 is 0 Å². The fraction of sp³-hybridized carbons (Fsp3) is 0.731.